The summed E-state index contributed by atoms with van der Waals surface area (Å²) in [5, 5.41) is 0. The number of carbonyl (C=O) groups is 1. The quantitative estimate of drug-likeness (QED) is 0.501. The summed E-state index contributed by atoms with van der Waals surface area (Å²) in [7, 11) is 0. The summed E-state index contributed by atoms with van der Waals surface area (Å²) in [6.45, 7) is 3.49. The second-order valence-corrected chi connectivity index (χ2v) is 8.13. The van der Waals surface area contributed by atoms with Crippen molar-refractivity contribution in [1.29, 1.82) is 0 Å². The fraction of sp³-hybridized carbons (Fsp3) is 0.211. The first kappa shape index (κ1) is 18.3. The van der Waals surface area contributed by atoms with Crippen LogP contribution in [-0.2, 0) is 9.53 Å². The molecule has 0 radical (unpaired) electrons. The van der Waals surface area contributed by atoms with Gasteiger partial charge < -0.3 is 4.74 Å². The molecule has 0 amide bonds. The molecule has 0 aromatic heterocycles. The first-order valence-electron chi connectivity index (χ1n) is 7.55. The maximum atomic E-state index is 14.6. The van der Waals surface area contributed by atoms with E-state index in [9.17, 15) is 13.6 Å². The predicted molar refractivity (Wildman–Crippen MR) is 99.0 cm³/mol. The summed E-state index contributed by atoms with van der Waals surface area (Å²) in [5.41, 5.74) is 0.945. The van der Waals surface area contributed by atoms with Crippen molar-refractivity contribution in [3.05, 3.63) is 73.7 Å². The lowest BCUT2D eigenvalue weighted by molar-refractivity contribution is -0.145. The Labute approximate surface area is 161 Å². The minimum atomic E-state index is -0.903. The number of hydrogen-bond acceptors (Lipinski definition) is 2. The summed E-state index contributed by atoms with van der Waals surface area (Å²) in [6, 6.07) is 8.75. The van der Waals surface area contributed by atoms with E-state index in [0.29, 0.717) is 16.7 Å². The van der Waals surface area contributed by atoms with Crippen molar-refractivity contribution in [3.8, 4) is 0 Å². The van der Waals surface area contributed by atoms with Crippen molar-refractivity contribution in [3.63, 3.8) is 0 Å². The average molecular weight is 472 g/mol. The molecule has 2 aromatic rings. The second kappa shape index (κ2) is 6.65. The molecule has 1 fully saturated rings. The van der Waals surface area contributed by atoms with Crippen LogP contribution in [0.4, 0.5) is 8.78 Å². The number of halogens is 4. The molecule has 0 saturated carbocycles. The lowest BCUT2D eigenvalue weighted by Gasteiger charge is -2.23. The SMILES string of the molecule is CC1(C)OC(=O)CC1=C(c1cc(Br)cc(Br)c1)c1cc(F)ccc1F. The van der Waals surface area contributed by atoms with Gasteiger partial charge in [0, 0.05) is 14.5 Å². The van der Waals surface area contributed by atoms with Crippen molar-refractivity contribution in [2.24, 2.45) is 0 Å². The van der Waals surface area contributed by atoms with E-state index in [4.69, 9.17) is 4.74 Å². The zero-order valence-electron chi connectivity index (χ0n) is 13.5. The number of hydrogen-bond donors (Lipinski definition) is 0. The number of carbonyl (C=O) groups excluding carboxylic acids is 1. The molecule has 3 rings (SSSR count). The van der Waals surface area contributed by atoms with Gasteiger partial charge in [-0.15, -0.1) is 0 Å². The Morgan fingerprint density at radius 1 is 1.08 bits per heavy atom. The highest BCUT2D eigenvalue weighted by Crippen LogP contribution is 2.42. The van der Waals surface area contributed by atoms with Gasteiger partial charge in [-0.1, -0.05) is 31.9 Å². The van der Waals surface area contributed by atoms with E-state index in [1.54, 1.807) is 26.0 Å². The zero-order valence-corrected chi connectivity index (χ0v) is 16.7. The highest BCUT2D eigenvalue weighted by molar-refractivity contribution is 9.11. The molecule has 0 aliphatic carbocycles. The summed E-state index contributed by atoms with van der Waals surface area (Å²) in [5.74, 6) is -1.50. The summed E-state index contributed by atoms with van der Waals surface area (Å²) in [6.07, 6.45) is 0.0302. The van der Waals surface area contributed by atoms with Gasteiger partial charge in [-0.3, -0.25) is 4.79 Å². The molecular formula is C19H14Br2F2O2. The number of esters is 1. The first-order chi connectivity index (χ1) is 11.7. The second-order valence-electron chi connectivity index (χ2n) is 6.30. The highest BCUT2D eigenvalue weighted by Gasteiger charge is 2.39. The van der Waals surface area contributed by atoms with E-state index < -0.39 is 17.2 Å². The van der Waals surface area contributed by atoms with Gasteiger partial charge in [-0.05, 0) is 67.0 Å². The van der Waals surface area contributed by atoms with Gasteiger partial charge in [-0.2, -0.15) is 0 Å². The van der Waals surface area contributed by atoms with Gasteiger partial charge in [0.25, 0.3) is 0 Å². The molecule has 1 saturated heterocycles. The monoisotopic (exact) mass is 470 g/mol. The van der Waals surface area contributed by atoms with E-state index in [1.165, 1.54) is 0 Å². The molecule has 0 bridgehead atoms. The number of ether oxygens (including phenoxy) is 1. The number of cyclic esters (lactones) is 1. The van der Waals surface area contributed by atoms with Gasteiger partial charge in [0.15, 0.2) is 0 Å². The van der Waals surface area contributed by atoms with Gasteiger partial charge in [0.05, 0.1) is 6.42 Å². The molecule has 0 N–H and O–H groups in total. The van der Waals surface area contributed by atoms with Crippen LogP contribution in [0.2, 0.25) is 0 Å². The molecular weight excluding hydrogens is 458 g/mol. The van der Waals surface area contributed by atoms with Gasteiger partial charge >= 0.3 is 5.97 Å². The third-order valence-corrected chi connectivity index (χ3v) is 4.98. The largest absolute Gasteiger partial charge is 0.455 e. The molecule has 1 aliphatic rings. The first-order valence-corrected chi connectivity index (χ1v) is 9.13. The Balaban J connectivity index is 2.37. The number of rotatable bonds is 2. The molecule has 1 aliphatic heterocycles. The van der Waals surface area contributed by atoms with E-state index in [1.807, 2.05) is 6.07 Å². The molecule has 6 heteroatoms. The third-order valence-electron chi connectivity index (χ3n) is 4.07. The van der Waals surface area contributed by atoms with Crippen molar-refractivity contribution >= 4 is 43.4 Å². The van der Waals surface area contributed by atoms with Crippen LogP contribution in [0.25, 0.3) is 5.57 Å². The molecule has 2 aromatic carbocycles. The van der Waals surface area contributed by atoms with Gasteiger partial charge in [-0.25, -0.2) is 8.78 Å². The maximum absolute atomic E-state index is 14.6. The van der Waals surface area contributed by atoms with Crippen LogP contribution < -0.4 is 0 Å². The Kier molecular flexibility index (Phi) is 4.86. The van der Waals surface area contributed by atoms with Gasteiger partial charge in [0.1, 0.15) is 17.2 Å². The van der Waals surface area contributed by atoms with Crippen LogP contribution in [0, 0.1) is 11.6 Å². The molecule has 25 heavy (non-hydrogen) atoms. The van der Waals surface area contributed by atoms with Crippen LogP contribution in [0.1, 0.15) is 31.4 Å². The highest BCUT2D eigenvalue weighted by atomic mass is 79.9. The van der Waals surface area contributed by atoms with E-state index in [2.05, 4.69) is 31.9 Å². The molecule has 2 nitrogen and oxygen atoms in total. The lowest BCUT2D eigenvalue weighted by atomic mass is 9.85. The van der Waals surface area contributed by atoms with Gasteiger partial charge in [0.2, 0.25) is 0 Å². The minimum absolute atomic E-state index is 0.0302. The minimum Gasteiger partial charge on any atom is -0.455 e. The average Bonchev–Trinajstić information content (AvgIpc) is 2.75. The third kappa shape index (κ3) is 3.70. The van der Waals surface area contributed by atoms with E-state index in [0.717, 1.165) is 27.1 Å². The Morgan fingerprint density at radius 3 is 2.28 bits per heavy atom. The maximum Gasteiger partial charge on any atom is 0.310 e. The van der Waals surface area contributed by atoms with Crippen LogP contribution in [0.5, 0.6) is 0 Å². The fourth-order valence-electron chi connectivity index (χ4n) is 3.01. The van der Waals surface area contributed by atoms with Crippen LogP contribution in [-0.4, -0.2) is 11.6 Å². The zero-order chi connectivity index (χ0) is 18.4. The van der Waals surface area contributed by atoms with Crippen molar-refractivity contribution < 1.29 is 18.3 Å². The lowest BCUT2D eigenvalue weighted by Crippen LogP contribution is -2.22. The normalized spacial score (nSPS) is 18.2. The van der Waals surface area contributed by atoms with E-state index >= 15 is 0 Å². The van der Waals surface area contributed by atoms with Crippen LogP contribution in [0.3, 0.4) is 0 Å². The molecule has 0 atom stereocenters. The fourth-order valence-corrected chi connectivity index (χ4v) is 4.30. The Bertz CT molecular complexity index is 884. The molecule has 130 valence electrons. The Morgan fingerprint density at radius 2 is 1.72 bits per heavy atom. The van der Waals surface area contributed by atoms with Crippen molar-refractivity contribution in [2.75, 3.05) is 0 Å². The number of benzene rings is 2. The molecule has 1 heterocycles. The molecule has 0 unspecified atom stereocenters. The van der Waals surface area contributed by atoms with Crippen LogP contribution in [0.15, 0.2) is 50.9 Å². The van der Waals surface area contributed by atoms with Crippen molar-refractivity contribution in [2.45, 2.75) is 25.9 Å². The van der Waals surface area contributed by atoms with Crippen LogP contribution >= 0.6 is 31.9 Å². The molecule has 0 spiro atoms. The predicted octanol–water partition coefficient (Wildman–Crippen LogP) is 6.02. The van der Waals surface area contributed by atoms with Crippen molar-refractivity contribution in [1.82, 2.24) is 0 Å². The standard InChI is InChI=1S/C19H14Br2F2O2/c1-19(2)15(9-17(24)25-19)18(10-5-11(20)7-12(21)6-10)14-8-13(22)3-4-16(14)23/h3-8H,9H2,1-2H3. The summed E-state index contributed by atoms with van der Waals surface area (Å²) in [4.78, 5) is 11.9. The summed E-state index contributed by atoms with van der Waals surface area (Å²) >= 11 is 6.83. The Hall–Kier alpha value is -1.53. The summed E-state index contributed by atoms with van der Waals surface area (Å²) < 4.78 is 35.3. The smallest absolute Gasteiger partial charge is 0.310 e. The van der Waals surface area contributed by atoms with E-state index in [-0.39, 0.29) is 18.0 Å². The topological polar surface area (TPSA) is 26.3 Å².